The predicted octanol–water partition coefficient (Wildman–Crippen LogP) is 2.50. The Labute approximate surface area is 133 Å². The van der Waals surface area contributed by atoms with Gasteiger partial charge in [-0.3, -0.25) is 9.59 Å². The Kier molecular flexibility index (Phi) is 10.7. The number of allylic oxidation sites excluding steroid dienone is 2. The maximum atomic E-state index is 11.5. The molecular weight excluding hydrogens is 276 g/mol. The molecule has 0 fully saturated rings. The number of carbonyl (C=O) groups is 2. The maximum Gasteiger partial charge on any atom is 0.246 e. The van der Waals surface area contributed by atoms with Gasteiger partial charge in [0, 0.05) is 26.2 Å². The average Bonchev–Trinajstić information content (AvgIpc) is 2.54. The molecule has 0 aromatic rings. The van der Waals surface area contributed by atoms with Crippen molar-refractivity contribution in [3.63, 3.8) is 0 Å². The van der Waals surface area contributed by atoms with Gasteiger partial charge in [0.2, 0.25) is 11.8 Å². The normalized spacial score (nSPS) is 10.4. The summed E-state index contributed by atoms with van der Waals surface area (Å²) in [6, 6.07) is 0. The quantitative estimate of drug-likeness (QED) is 0.334. The van der Waals surface area contributed by atoms with Gasteiger partial charge < -0.3 is 9.80 Å². The highest BCUT2D eigenvalue weighted by Gasteiger charge is 2.05. The molecule has 4 heteroatoms. The fraction of sp³-hybridized carbons (Fsp3) is 0.222. The van der Waals surface area contributed by atoms with Gasteiger partial charge in [0.25, 0.3) is 0 Å². The third kappa shape index (κ3) is 7.85. The summed E-state index contributed by atoms with van der Waals surface area (Å²) >= 11 is 0. The topological polar surface area (TPSA) is 40.6 Å². The van der Waals surface area contributed by atoms with E-state index in [9.17, 15) is 9.59 Å². The minimum absolute atomic E-state index is 0.137. The van der Waals surface area contributed by atoms with E-state index in [4.69, 9.17) is 0 Å². The third-order valence-electron chi connectivity index (χ3n) is 2.71. The Bertz CT molecular complexity index is 431. The van der Waals surface area contributed by atoms with Crippen molar-refractivity contribution in [2.24, 2.45) is 0 Å². The molecule has 0 aromatic heterocycles. The van der Waals surface area contributed by atoms with Gasteiger partial charge in [-0.1, -0.05) is 49.6 Å². The number of nitrogens with zero attached hydrogens (tertiary/aromatic N) is 2. The lowest BCUT2D eigenvalue weighted by atomic mass is 10.3. The number of hydrogen-bond donors (Lipinski definition) is 0. The van der Waals surface area contributed by atoms with Crippen molar-refractivity contribution < 1.29 is 9.59 Å². The van der Waals surface area contributed by atoms with Gasteiger partial charge in [-0.05, 0) is 12.2 Å². The molecule has 0 spiro atoms. The molecule has 0 heterocycles. The Morgan fingerprint density at radius 2 is 1.05 bits per heavy atom. The smallest absolute Gasteiger partial charge is 0.246 e. The summed E-state index contributed by atoms with van der Waals surface area (Å²) in [5, 5.41) is 0. The summed E-state index contributed by atoms with van der Waals surface area (Å²) < 4.78 is 0. The SMILES string of the molecule is C=CCN(C/C=C/C=C/CN(CC=C)C(=O)C=C)C(=O)C=C. The van der Waals surface area contributed by atoms with Crippen LogP contribution in [0.5, 0.6) is 0 Å². The van der Waals surface area contributed by atoms with E-state index < -0.39 is 0 Å². The van der Waals surface area contributed by atoms with Gasteiger partial charge in [-0.15, -0.1) is 13.2 Å². The highest BCUT2D eigenvalue weighted by Crippen LogP contribution is 1.95. The third-order valence-corrected chi connectivity index (χ3v) is 2.71. The molecule has 0 saturated carbocycles. The number of rotatable bonds is 11. The molecule has 0 saturated heterocycles. The van der Waals surface area contributed by atoms with Crippen molar-refractivity contribution in [3.8, 4) is 0 Å². The highest BCUT2D eigenvalue weighted by atomic mass is 16.2. The van der Waals surface area contributed by atoms with Crippen molar-refractivity contribution in [1.82, 2.24) is 9.80 Å². The van der Waals surface area contributed by atoms with Gasteiger partial charge >= 0.3 is 0 Å². The van der Waals surface area contributed by atoms with E-state index in [1.165, 1.54) is 12.2 Å². The van der Waals surface area contributed by atoms with Crippen molar-refractivity contribution >= 4 is 11.8 Å². The molecule has 118 valence electrons. The van der Waals surface area contributed by atoms with Crippen LogP contribution in [-0.4, -0.2) is 47.8 Å². The standard InChI is InChI=1S/C18H24N2O2/c1-5-13-19(17(21)7-3)15-11-9-10-12-16-20(14-6-2)18(22)8-4/h5-12H,1-4,13-16H2/b11-9+,12-10+. The Morgan fingerprint density at radius 1 is 0.682 bits per heavy atom. The van der Waals surface area contributed by atoms with E-state index in [0.717, 1.165) is 0 Å². The number of amides is 2. The Balaban J connectivity index is 4.39. The van der Waals surface area contributed by atoms with Gasteiger partial charge in [-0.2, -0.15) is 0 Å². The summed E-state index contributed by atoms with van der Waals surface area (Å²) in [4.78, 5) is 26.3. The molecular formula is C18H24N2O2. The minimum Gasteiger partial charge on any atom is -0.332 e. The fourth-order valence-corrected chi connectivity index (χ4v) is 1.61. The van der Waals surface area contributed by atoms with Crippen LogP contribution in [0.3, 0.4) is 0 Å². The largest absolute Gasteiger partial charge is 0.332 e. The maximum absolute atomic E-state index is 11.5. The van der Waals surface area contributed by atoms with Crippen molar-refractivity contribution in [3.05, 3.63) is 74.9 Å². The lowest BCUT2D eigenvalue weighted by molar-refractivity contribution is -0.125. The van der Waals surface area contributed by atoms with Gasteiger partial charge in [0.15, 0.2) is 0 Å². The lowest BCUT2D eigenvalue weighted by Crippen LogP contribution is -2.29. The van der Waals surface area contributed by atoms with Crippen LogP contribution >= 0.6 is 0 Å². The molecule has 0 aliphatic rings. The molecule has 0 aromatic carbocycles. The monoisotopic (exact) mass is 300 g/mol. The first-order valence-corrected chi connectivity index (χ1v) is 6.96. The van der Waals surface area contributed by atoms with E-state index >= 15 is 0 Å². The van der Waals surface area contributed by atoms with Crippen LogP contribution in [0, 0.1) is 0 Å². The zero-order chi connectivity index (χ0) is 16.8. The fourth-order valence-electron chi connectivity index (χ4n) is 1.61. The zero-order valence-corrected chi connectivity index (χ0v) is 13.0. The summed E-state index contributed by atoms with van der Waals surface area (Å²) in [5.74, 6) is -0.274. The molecule has 0 N–H and O–H groups in total. The van der Waals surface area contributed by atoms with E-state index in [1.54, 1.807) is 22.0 Å². The highest BCUT2D eigenvalue weighted by molar-refractivity contribution is 5.87. The summed E-state index contributed by atoms with van der Waals surface area (Å²) in [5.41, 5.74) is 0. The van der Waals surface area contributed by atoms with Gasteiger partial charge in [-0.25, -0.2) is 0 Å². The van der Waals surface area contributed by atoms with Crippen LogP contribution in [0.25, 0.3) is 0 Å². The second-order valence-electron chi connectivity index (χ2n) is 4.33. The van der Waals surface area contributed by atoms with E-state index in [0.29, 0.717) is 26.2 Å². The molecule has 0 rings (SSSR count). The van der Waals surface area contributed by atoms with Crippen LogP contribution in [0.1, 0.15) is 0 Å². The van der Waals surface area contributed by atoms with Crippen molar-refractivity contribution in [1.29, 1.82) is 0 Å². The molecule has 4 nitrogen and oxygen atoms in total. The average molecular weight is 300 g/mol. The predicted molar refractivity (Wildman–Crippen MR) is 92.2 cm³/mol. The molecule has 0 bridgehead atoms. The first-order valence-electron chi connectivity index (χ1n) is 6.96. The lowest BCUT2D eigenvalue weighted by Gasteiger charge is -2.17. The molecule has 0 aliphatic heterocycles. The van der Waals surface area contributed by atoms with Crippen LogP contribution in [0.2, 0.25) is 0 Å². The van der Waals surface area contributed by atoms with Crippen molar-refractivity contribution in [2.45, 2.75) is 0 Å². The molecule has 22 heavy (non-hydrogen) atoms. The minimum atomic E-state index is -0.137. The van der Waals surface area contributed by atoms with Crippen LogP contribution in [-0.2, 0) is 9.59 Å². The Morgan fingerprint density at radius 3 is 1.32 bits per heavy atom. The molecule has 0 radical (unpaired) electrons. The van der Waals surface area contributed by atoms with E-state index in [2.05, 4.69) is 26.3 Å². The molecule has 2 amide bonds. The number of hydrogen-bond acceptors (Lipinski definition) is 2. The summed E-state index contributed by atoms with van der Waals surface area (Å²) in [7, 11) is 0. The van der Waals surface area contributed by atoms with E-state index in [1.807, 2.05) is 24.3 Å². The van der Waals surface area contributed by atoms with E-state index in [-0.39, 0.29) is 11.8 Å². The summed E-state index contributed by atoms with van der Waals surface area (Å²) in [6.45, 7) is 16.1. The first kappa shape index (κ1) is 19.4. The molecule has 0 aliphatic carbocycles. The van der Waals surface area contributed by atoms with Gasteiger partial charge in [0.1, 0.15) is 0 Å². The first-order chi connectivity index (χ1) is 10.6. The van der Waals surface area contributed by atoms with Crippen LogP contribution < -0.4 is 0 Å². The Hall–Kier alpha value is -2.62. The number of carbonyl (C=O) groups excluding carboxylic acids is 2. The molecule has 0 atom stereocenters. The van der Waals surface area contributed by atoms with Crippen LogP contribution in [0.15, 0.2) is 74.9 Å². The van der Waals surface area contributed by atoms with Gasteiger partial charge in [0.05, 0.1) is 0 Å². The zero-order valence-electron chi connectivity index (χ0n) is 13.0. The second kappa shape index (κ2) is 12.1. The van der Waals surface area contributed by atoms with Crippen molar-refractivity contribution in [2.75, 3.05) is 26.2 Å². The summed E-state index contributed by atoms with van der Waals surface area (Å²) in [6.07, 6.45) is 13.3. The van der Waals surface area contributed by atoms with Crippen LogP contribution in [0.4, 0.5) is 0 Å². The second-order valence-corrected chi connectivity index (χ2v) is 4.33. The molecule has 0 unspecified atom stereocenters.